The van der Waals surface area contributed by atoms with Crippen LogP contribution in [0.4, 0.5) is 0 Å². The zero-order valence-electron chi connectivity index (χ0n) is 14.8. The van der Waals surface area contributed by atoms with Gasteiger partial charge in [0.05, 0.1) is 18.2 Å². The van der Waals surface area contributed by atoms with Crippen LogP contribution in [0.1, 0.15) is 36.7 Å². The average molecular weight is 350 g/mol. The molecule has 0 aliphatic carbocycles. The zero-order valence-corrected chi connectivity index (χ0v) is 15.5. The van der Waals surface area contributed by atoms with Gasteiger partial charge in [0.25, 0.3) is 0 Å². The lowest BCUT2D eigenvalue weighted by atomic mass is 9.98. The van der Waals surface area contributed by atoms with E-state index >= 15 is 0 Å². The summed E-state index contributed by atoms with van der Waals surface area (Å²) in [5, 5.41) is 7.99. The first kappa shape index (κ1) is 18.3. The van der Waals surface area contributed by atoms with Gasteiger partial charge in [-0.1, -0.05) is 11.6 Å². The molecule has 6 heteroatoms. The number of aromatic nitrogens is 2. The maximum Gasteiger partial charge on any atom is 0.227 e. The Labute approximate surface area is 148 Å². The molecule has 130 valence electrons. The Morgan fingerprint density at radius 1 is 1.29 bits per heavy atom. The molecular formula is C18H24ClN3O2. The Balaban J connectivity index is 1.91. The topological polar surface area (TPSA) is 56.2 Å². The van der Waals surface area contributed by atoms with Gasteiger partial charge in [0, 0.05) is 23.3 Å². The fourth-order valence-corrected chi connectivity index (χ4v) is 2.86. The number of carbonyl (C=O) groups is 1. The number of nitrogens with zero attached hydrogens (tertiary/aromatic N) is 2. The Morgan fingerprint density at radius 2 is 1.92 bits per heavy atom. The fourth-order valence-electron chi connectivity index (χ4n) is 2.73. The van der Waals surface area contributed by atoms with Crippen molar-refractivity contribution in [3.63, 3.8) is 0 Å². The minimum absolute atomic E-state index is 0.0271. The Bertz CT molecular complexity index is 710. The zero-order chi connectivity index (χ0) is 17.9. The molecule has 0 aliphatic rings. The lowest BCUT2D eigenvalue weighted by Gasteiger charge is -2.18. The van der Waals surface area contributed by atoms with Gasteiger partial charge in [0.1, 0.15) is 11.9 Å². The fraction of sp³-hybridized carbons (Fsp3) is 0.444. The summed E-state index contributed by atoms with van der Waals surface area (Å²) in [6, 6.07) is 7.17. The maximum atomic E-state index is 12.4. The van der Waals surface area contributed by atoms with Crippen LogP contribution in [0.25, 0.3) is 0 Å². The van der Waals surface area contributed by atoms with E-state index in [9.17, 15) is 4.79 Å². The van der Waals surface area contributed by atoms with Crippen LogP contribution in [0.2, 0.25) is 5.02 Å². The van der Waals surface area contributed by atoms with Crippen molar-refractivity contribution in [3.8, 4) is 5.75 Å². The molecule has 2 aromatic rings. The summed E-state index contributed by atoms with van der Waals surface area (Å²) in [6.45, 7) is 8.16. The van der Waals surface area contributed by atoms with Crippen LogP contribution in [0.5, 0.6) is 5.75 Å². The largest absolute Gasteiger partial charge is 0.489 e. The highest BCUT2D eigenvalue weighted by Gasteiger charge is 2.22. The molecule has 0 fully saturated rings. The van der Waals surface area contributed by atoms with Crippen molar-refractivity contribution < 1.29 is 9.53 Å². The van der Waals surface area contributed by atoms with Crippen LogP contribution < -0.4 is 10.1 Å². The number of nitrogens with one attached hydrogen (secondary N) is 1. The van der Waals surface area contributed by atoms with Crippen LogP contribution >= 0.6 is 11.6 Å². The molecule has 0 saturated carbocycles. The predicted octanol–water partition coefficient (Wildman–Crippen LogP) is 3.38. The lowest BCUT2D eigenvalue weighted by Crippen LogP contribution is -2.36. The molecule has 0 radical (unpaired) electrons. The normalized spacial score (nSPS) is 13.4. The molecular weight excluding hydrogens is 326 g/mol. The SMILES string of the molecule is Cc1nn(C)c(C)c1[C@@H](C)C(=O)NC[C@@H](C)Oc1ccc(Cl)cc1. The molecule has 0 unspecified atom stereocenters. The summed E-state index contributed by atoms with van der Waals surface area (Å²) in [7, 11) is 1.89. The average Bonchev–Trinajstić information content (AvgIpc) is 2.79. The van der Waals surface area contributed by atoms with E-state index in [-0.39, 0.29) is 17.9 Å². The standard InChI is InChI=1S/C18H24ClN3O2/c1-11(24-16-8-6-15(19)7-9-16)10-20-18(23)12(2)17-13(3)21-22(5)14(17)4/h6-9,11-12H,10H2,1-5H3,(H,20,23)/t11-,12-/m1/s1. The molecule has 0 bridgehead atoms. The molecule has 1 heterocycles. The number of amides is 1. The molecule has 1 N–H and O–H groups in total. The lowest BCUT2D eigenvalue weighted by molar-refractivity contribution is -0.122. The summed E-state index contributed by atoms with van der Waals surface area (Å²) in [5.41, 5.74) is 2.89. The van der Waals surface area contributed by atoms with Crippen LogP contribution in [0, 0.1) is 13.8 Å². The van der Waals surface area contributed by atoms with E-state index in [1.807, 2.05) is 46.9 Å². The van der Waals surface area contributed by atoms with Gasteiger partial charge in [0.15, 0.2) is 0 Å². The van der Waals surface area contributed by atoms with Crippen molar-refractivity contribution in [2.45, 2.75) is 39.7 Å². The number of carbonyl (C=O) groups excluding carboxylic acids is 1. The van der Waals surface area contributed by atoms with Crippen molar-refractivity contribution in [1.82, 2.24) is 15.1 Å². The molecule has 2 atom stereocenters. The summed E-state index contributed by atoms with van der Waals surface area (Å²) in [4.78, 5) is 12.4. The summed E-state index contributed by atoms with van der Waals surface area (Å²) in [6.07, 6.45) is -0.140. The highest BCUT2D eigenvalue weighted by atomic mass is 35.5. The number of hydrogen-bond acceptors (Lipinski definition) is 3. The van der Waals surface area contributed by atoms with Gasteiger partial charge in [-0.25, -0.2) is 0 Å². The molecule has 2 rings (SSSR count). The van der Waals surface area contributed by atoms with Crippen molar-refractivity contribution >= 4 is 17.5 Å². The van der Waals surface area contributed by atoms with Crippen molar-refractivity contribution in [3.05, 3.63) is 46.2 Å². The quantitative estimate of drug-likeness (QED) is 0.869. The van der Waals surface area contributed by atoms with Gasteiger partial charge in [-0.2, -0.15) is 5.10 Å². The second kappa shape index (κ2) is 7.71. The highest BCUT2D eigenvalue weighted by Crippen LogP contribution is 2.23. The third-order valence-corrected chi connectivity index (χ3v) is 4.36. The predicted molar refractivity (Wildman–Crippen MR) is 95.6 cm³/mol. The Hall–Kier alpha value is -2.01. The van der Waals surface area contributed by atoms with Crippen LogP contribution in [0.15, 0.2) is 24.3 Å². The smallest absolute Gasteiger partial charge is 0.227 e. The van der Waals surface area contributed by atoms with Gasteiger partial charge in [0.2, 0.25) is 5.91 Å². The van der Waals surface area contributed by atoms with E-state index < -0.39 is 0 Å². The summed E-state index contributed by atoms with van der Waals surface area (Å²) >= 11 is 5.85. The molecule has 1 aromatic heterocycles. The monoisotopic (exact) mass is 349 g/mol. The molecule has 24 heavy (non-hydrogen) atoms. The first-order valence-corrected chi connectivity index (χ1v) is 8.37. The van der Waals surface area contributed by atoms with E-state index in [1.54, 1.807) is 16.8 Å². The summed E-state index contributed by atoms with van der Waals surface area (Å²) in [5.74, 6) is 0.454. The van der Waals surface area contributed by atoms with Crippen molar-refractivity contribution in [2.24, 2.45) is 7.05 Å². The second-order valence-electron chi connectivity index (χ2n) is 6.06. The van der Waals surface area contributed by atoms with Crippen molar-refractivity contribution in [1.29, 1.82) is 0 Å². The first-order chi connectivity index (χ1) is 11.3. The second-order valence-corrected chi connectivity index (χ2v) is 6.49. The van der Waals surface area contributed by atoms with Gasteiger partial charge < -0.3 is 10.1 Å². The molecule has 1 amide bonds. The third kappa shape index (κ3) is 4.29. The molecule has 1 aromatic carbocycles. The van der Waals surface area contributed by atoms with Gasteiger partial charge in [-0.05, 0) is 52.0 Å². The van der Waals surface area contributed by atoms with E-state index in [0.717, 1.165) is 22.7 Å². The first-order valence-electron chi connectivity index (χ1n) is 7.99. The number of rotatable bonds is 6. The highest BCUT2D eigenvalue weighted by molar-refractivity contribution is 6.30. The van der Waals surface area contributed by atoms with E-state index in [4.69, 9.17) is 16.3 Å². The molecule has 0 saturated heterocycles. The number of hydrogen-bond donors (Lipinski definition) is 1. The molecule has 0 spiro atoms. The number of benzene rings is 1. The van der Waals surface area contributed by atoms with Gasteiger partial charge in [-0.3, -0.25) is 9.48 Å². The van der Waals surface area contributed by atoms with Gasteiger partial charge in [-0.15, -0.1) is 0 Å². The van der Waals surface area contributed by atoms with Gasteiger partial charge >= 0.3 is 0 Å². The molecule has 0 aliphatic heterocycles. The Morgan fingerprint density at radius 3 is 2.46 bits per heavy atom. The van der Waals surface area contributed by atoms with E-state index in [0.29, 0.717) is 11.6 Å². The summed E-state index contributed by atoms with van der Waals surface area (Å²) < 4.78 is 7.57. The van der Waals surface area contributed by atoms with Crippen LogP contribution in [-0.4, -0.2) is 28.3 Å². The Kier molecular flexibility index (Phi) is 5.89. The minimum Gasteiger partial charge on any atom is -0.489 e. The third-order valence-electron chi connectivity index (χ3n) is 4.11. The number of halogens is 1. The van der Waals surface area contributed by atoms with E-state index in [1.165, 1.54) is 0 Å². The molecule has 5 nitrogen and oxygen atoms in total. The minimum atomic E-state index is -0.249. The van der Waals surface area contributed by atoms with E-state index in [2.05, 4.69) is 10.4 Å². The van der Waals surface area contributed by atoms with Crippen LogP contribution in [0.3, 0.4) is 0 Å². The maximum absolute atomic E-state index is 12.4. The number of aryl methyl sites for hydroxylation is 2. The number of ether oxygens (including phenoxy) is 1. The van der Waals surface area contributed by atoms with Crippen LogP contribution in [-0.2, 0) is 11.8 Å². The van der Waals surface area contributed by atoms with Crippen molar-refractivity contribution in [2.75, 3.05) is 6.54 Å².